The number of hydrogen-bond donors (Lipinski definition) is 2. The molecule has 1 amide bonds. The van der Waals surface area contributed by atoms with Gasteiger partial charge >= 0.3 is 0 Å². The highest BCUT2D eigenvalue weighted by molar-refractivity contribution is 5.94. The highest BCUT2D eigenvalue weighted by atomic mass is 16.5. The summed E-state index contributed by atoms with van der Waals surface area (Å²) in [6.45, 7) is 5.32. The van der Waals surface area contributed by atoms with Gasteiger partial charge < -0.3 is 15.4 Å². The van der Waals surface area contributed by atoms with E-state index in [4.69, 9.17) is 4.74 Å². The van der Waals surface area contributed by atoms with E-state index in [0.29, 0.717) is 24.8 Å². The molecule has 0 aliphatic carbocycles. The molecule has 0 saturated carbocycles. The molecule has 0 spiro atoms. The van der Waals surface area contributed by atoms with Crippen molar-refractivity contribution in [2.24, 2.45) is 0 Å². The zero-order valence-electron chi connectivity index (χ0n) is 12.0. The van der Waals surface area contributed by atoms with E-state index < -0.39 is 0 Å². The highest BCUT2D eigenvalue weighted by Gasteiger charge is 2.12. The van der Waals surface area contributed by atoms with Crippen LogP contribution in [0.1, 0.15) is 35.3 Å². The van der Waals surface area contributed by atoms with Crippen molar-refractivity contribution in [1.29, 1.82) is 0 Å². The minimum absolute atomic E-state index is 0.0441. The fourth-order valence-electron chi connectivity index (χ4n) is 2.28. The number of nitrogens with one attached hydrogen (secondary N) is 2. The molecule has 5 heteroatoms. The minimum Gasteiger partial charge on any atom is -0.378 e. The lowest BCUT2D eigenvalue weighted by atomic mass is 10.1. The predicted octanol–water partition coefficient (Wildman–Crippen LogP) is 1.28. The maximum absolute atomic E-state index is 11.9. The number of hydrogen-bond acceptors (Lipinski definition) is 4. The summed E-state index contributed by atoms with van der Waals surface area (Å²) < 4.78 is 5.79. The van der Waals surface area contributed by atoms with Gasteiger partial charge in [-0.25, -0.2) is 0 Å². The molecule has 1 aromatic rings. The van der Waals surface area contributed by atoms with E-state index in [1.807, 2.05) is 6.92 Å². The van der Waals surface area contributed by atoms with E-state index >= 15 is 0 Å². The van der Waals surface area contributed by atoms with E-state index in [-0.39, 0.29) is 5.91 Å². The predicted molar refractivity (Wildman–Crippen MR) is 77.8 cm³/mol. The van der Waals surface area contributed by atoms with Crippen LogP contribution in [0.4, 0.5) is 0 Å². The molecule has 0 radical (unpaired) electrons. The molecular formula is C15H23N3O2. The summed E-state index contributed by atoms with van der Waals surface area (Å²) in [5.41, 5.74) is 1.52. The third-order valence-electron chi connectivity index (χ3n) is 3.41. The molecule has 1 aliphatic heterocycles. The van der Waals surface area contributed by atoms with E-state index in [0.717, 1.165) is 38.0 Å². The Morgan fingerprint density at radius 3 is 3.05 bits per heavy atom. The van der Waals surface area contributed by atoms with E-state index in [9.17, 15) is 4.79 Å². The Bertz CT molecular complexity index is 431. The third kappa shape index (κ3) is 4.90. The second kappa shape index (κ2) is 7.97. The molecule has 0 aromatic carbocycles. The Balaban J connectivity index is 1.59. The van der Waals surface area contributed by atoms with Gasteiger partial charge in [0.05, 0.1) is 6.10 Å². The molecule has 1 aliphatic rings. The summed E-state index contributed by atoms with van der Waals surface area (Å²) >= 11 is 0. The first-order valence-electron chi connectivity index (χ1n) is 7.29. The van der Waals surface area contributed by atoms with Gasteiger partial charge in [-0.05, 0) is 51.4 Å². The van der Waals surface area contributed by atoms with Crippen LogP contribution in [-0.4, -0.2) is 43.2 Å². The number of piperidine rings is 1. The normalized spacial score (nSPS) is 16.1. The van der Waals surface area contributed by atoms with E-state index in [1.54, 1.807) is 18.3 Å². The van der Waals surface area contributed by atoms with Crippen LogP contribution in [0.25, 0.3) is 0 Å². The van der Waals surface area contributed by atoms with Crippen molar-refractivity contribution in [2.45, 2.75) is 32.3 Å². The van der Waals surface area contributed by atoms with Gasteiger partial charge in [0.2, 0.25) is 0 Å². The molecule has 20 heavy (non-hydrogen) atoms. The number of aromatic nitrogens is 1. The van der Waals surface area contributed by atoms with Crippen molar-refractivity contribution in [3.63, 3.8) is 0 Å². The summed E-state index contributed by atoms with van der Waals surface area (Å²) in [6, 6.07) is 3.52. The van der Waals surface area contributed by atoms with Crippen LogP contribution in [0.2, 0.25) is 0 Å². The number of pyridine rings is 1. The Morgan fingerprint density at radius 2 is 2.30 bits per heavy atom. The van der Waals surface area contributed by atoms with Gasteiger partial charge in [0, 0.05) is 30.6 Å². The molecule has 0 bridgehead atoms. The Kier molecular flexibility index (Phi) is 5.95. The van der Waals surface area contributed by atoms with Gasteiger partial charge in [0.25, 0.3) is 5.91 Å². The van der Waals surface area contributed by atoms with Crippen LogP contribution >= 0.6 is 0 Å². The number of nitrogens with zero attached hydrogens (tertiary/aromatic N) is 1. The maximum atomic E-state index is 11.9. The van der Waals surface area contributed by atoms with Crippen LogP contribution in [0.15, 0.2) is 18.3 Å². The van der Waals surface area contributed by atoms with Crippen LogP contribution in [-0.2, 0) is 4.74 Å². The molecular weight excluding hydrogens is 254 g/mol. The Labute approximate surface area is 120 Å². The van der Waals surface area contributed by atoms with Crippen LogP contribution in [0.5, 0.6) is 0 Å². The third-order valence-corrected chi connectivity index (χ3v) is 3.41. The molecule has 2 N–H and O–H groups in total. The number of amides is 1. The lowest BCUT2D eigenvalue weighted by Crippen LogP contribution is -2.33. The number of aryl methyl sites for hydroxylation is 1. The average Bonchev–Trinajstić information content (AvgIpc) is 2.48. The smallest absolute Gasteiger partial charge is 0.251 e. The summed E-state index contributed by atoms with van der Waals surface area (Å²) in [7, 11) is 0. The zero-order valence-corrected chi connectivity index (χ0v) is 12.0. The van der Waals surface area contributed by atoms with E-state index in [2.05, 4.69) is 15.6 Å². The van der Waals surface area contributed by atoms with Crippen LogP contribution in [0, 0.1) is 6.92 Å². The second-order valence-electron chi connectivity index (χ2n) is 5.12. The first-order valence-corrected chi connectivity index (χ1v) is 7.29. The maximum Gasteiger partial charge on any atom is 0.251 e. The molecule has 110 valence electrons. The van der Waals surface area contributed by atoms with Crippen molar-refractivity contribution in [3.05, 3.63) is 29.6 Å². The number of carbonyl (C=O) groups is 1. The minimum atomic E-state index is -0.0441. The first-order chi connectivity index (χ1) is 9.75. The van der Waals surface area contributed by atoms with Crippen molar-refractivity contribution in [2.75, 3.05) is 26.2 Å². The van der Waals surface area contributed by atoms with Gasteiger partial charge in [-0.3, -0.25) is 9.78 Å². The molecule has 0 unspecified atom stereocenters. The standard InChI is InChI=1S/C15H23N3O2/c1-12-11-13(3-9-17-12)15(19)18-6-2-10-20-14-4-7-16-8-5-14/h3,9,11,14,16H,2,4-8,10H2,1H3,(H,18,19). The summed E-state index contributed by atoms with van der Waals surface area (Å²) in [5.74, 6) is -0.0441. The number of rotatable bonds is 6. The first kappa shape index (κ1) is 14.9. The fraction of sp³-hybridized carbons (Fsp3) is 0.600. The topological polar surface area (TPSA) is 63.2 Å². The molecule has 2 heterocycles. The van der Waals surface area contributed by atoms with Crippen molar-refractivity contribution < 1.29 is 9.53 Å². The van der Waals surface area contributed by atoms with Crippen molar-refractivity contribution in [1.82, 2.24) is 15.6 Å². The lowest BCUT2D eigenvalue weighted by Gasteiger charge is -2.22. The number of ether oxygens (including phenoxy) is 1. The molecule has 0 atom stereocenters. The molecule has 1 fully saturated rings. The van der Waals surface area contributed by atoms with Crippen molar-refractivity contribution >= 4 is 5.91 Å². The summed E-state index contributed by atoms with van der Waals surface area (Å²) in [5, 5.41) is 6.22. The Morgan fingerprint density at radius 1 is 1.50 bits per heavy atom. The number of carbonyl (C=O) groups excluding carboxylic acids is 1. The molecule has 1 saturated heterocycles. The van der Waals surface area contributed by atoms with Gasteiger partial charge in [-0.1, -0.05) is 0 Å². The van der Waals surface area contributed by atoms with Gasteiger partial charge in [0.15, 0.2) is 0 Å². The summed E-state index contributed by atoms with van der Waals surface area (Å²) in [4.78, 5) is 16.0. The molecule has 5 nitrogen and oxygen atoms in total. The van der Waals surface area contributed by atoms with Crippen LogP contribution in [0.3, 0.4) is 0 Å². The summed E-state index contributed by atoms with van der Waals surface area (Å²) in [6.07, 6.45) is 5.06. The molecule has 1 aromatic heterocycles. The molecule has 2 rings (SSSR count). The largest absolute Gasteiger partial charge is 0.378 e. The fourth-order valence-corrected chi connectivity index (χ4v) is 2.28. The SMILES string of the molecule is Cc1cc(C(=O)NCCCOC2CCNCC2)ccn1. The quantitative estimate of drug-likeness (QED) is 0.769. The lowest BCUT2D eigenvalue weighted by molar-refractivity contribution is 0.0318. The highest BCUT2D eigenvalue weighted by Crippen LogP contribution is 2.07. The van der Waals surface area contributed by atoms with Gasteiger partial charge in [-0.2, -0.15) is 0 Å². The van der Waals surface area contributed by atoms with E-state index in [1.165, 1.54) is 0 Å². The van der Waals surface area contributed by atoms with Gasteiger partial charge in [-0.15, -0.1) is 0 Å². The monoisotopic (exact) mass is 277 g/mol. The second-order valence-corrected chi connectivity index (χ2v) is 5.12. The average molecular weight is 277 g/mol. The van der Waals surface area contributed by atoms with Gasteiger partial charge in [0.1, 0.15) is 0 Å². The zero-order chi connectivity index (χ0) is 14.2. The van der Waals surface area contributed by atoms with Crippen LogP contribution < -0.4 is 10.6 Å². The Hall–Kier alpha value is -1.46. The van der Waals surface area contributed by atoms with Crippen molar-refractivity contribution in [3.8, 4) is 0 Å².